The van der Waals surface area contributed by atoms with Crippen molar-refractivity contribution >= 4 is 34.9 Å². The summed E-state index contributed by atoms with van der Waals surface area (Å²) in [6.07, 6.45) is 2.10. The summed E-state index contributed by atoms with van der Waals surface area (Å²) in [5, 5.41) is 0.739. The minimum Gasteiger partial charge on any atom is -0.331 e. The quantitative estimate of drug-likeness (QED) is 0.674. The number of halogens is 1. The zero-order chi connectivity index (χ0) is 13.9. The molecule has 102 valence electrons. The Morgan fingerprint density at radius 2 is 1.90 bits per heavy atom. The van der Waals surface area contributed by atoms with E-state index in [-0.39, 0.29) is 0 Å². The van der Waals surface area contributed by atoms with Gasteiger partial charge in [-0.1, -0.05) is 41.9 Å². The number of H-pyrrole nitrogens is 1. The zero-order valence-electron chi connectivity index (χ0n) is 11.0. The molecular weight excluding hydrogens is 288 g/mol. The first-order valence-electron chi connectivity index (χ1n) is 6.66. The van der Waals surface area contributed by atoms with Crippen molar-refractivity contribution in [1.29, 1.82) is 0 Å². The molecule has 4 heteroatoms. The Morgan fingerprint density at radius 1 is 1.10 bits per heavy atom. The van der Waals surface area contributed by atoms with Crippen LogP contribution in [0.5, 0.6) is 0 Å². The predicted molar refractivity (Wildman–Crippen MR) is 86.9 cm³/mol. The van der Waals surface area contributed by atoms with Crippen molar-refractivity contribution in [2.24, 2.45) is 0 Å². The molecule has 0 unspecified atom stereocenters. The number of nitrogens with zero attached hydrogens (tertiary/aromatic N) is 1. The van der Waals surface area contributed by atoms with Gasteiger partial charge in [0.25, 0.3) is 0 Å². The Balaban J connectivity index is 1.79. The maximum absolute atomic E-state index is 6.07. The van der Waals surface area contributed by atoms with Crippen LogP contribution < -0.4 is 0 Å². The molecule has 0 saturated heterocycles. The average Bonchev–Trinajstić information content (AvgIpc) is 2.76. The van der Waals surface area contributed by atoms with Crippen molar-refractivity contribution in [2.45, 2.75) is 19.4 Å². The van der Waals surface area contributed by atoms with E-state index in [9.17, 15) is 0 Å². The number of hydrogen-bond donors (Lipinski definition) is 1. The van der Waals surface area contributed by atoms with Gasteiger partial charge in [-0.05, 0) is 48.8 Å². The predicted octanol–water partition coefficient (Wildman–Crippen LogP) is 4.99. The van der Waals surface area contributed by atoms with Gasteiger partial charge in [-0.3, -0.25) is 0 Å². The second-order valence-electron chi connectivity index (χ2n) is 4.83. The largest absolute Gasteiger partial charge is 0.331 e. The molecule has 20 heavy (non-hydrogen) atoms. The number of fused-ring (bicyclic) bond motifs is 1. The lowest BCUT2D eigenvalue weighted by molar-refractivity contribution is 0.650. The lowest BCUT2D eigenvalue weighted by atomic mass is 10.1. The molecule has 0 radical (unpaired) electrons. The summed E-state index contributed by atoms with van der Waals surface area (Å²) in [6.45, 7) is 0.897. The SMILES string of the molecule is S=c1[nH]c2ccc(Cl)cc2n1CCCc1ccccc1. The lowest BCUT2D eigenvalue weighted by Gasteiger charge is -2.05. The van der Waals surface area contributed by atoms with Gasteiger partial charge in [0.2, 0.25) is 0 Å². The van der Waals surface area contributed by atoms with Crippen molar-refractivity contribution in [3.05, 3.63) is 63.9 Å². The van der Waals surface area contributed by atoms with Gasteiger partial charge in [-0.15, -0.1) is 0 Å². The third-order valence-corrected chi connectivity index (χ3v) is 3.98. The van der Waals surface area contributed by atoms with E-state index in [2.05, 4.69) is 33.8 Å². The number of imidazole rings is 1. The van der Waals surface area contributed by atoms with E-state index in [0.717, 1.165) is 40.2 Å². The van der Waals surface area contributed by atoms with Crippen LogP contribution in [0.2, 0.25) is 5.02 Å². The standard InChI is InChI=1S/C16H15ClN2S/c17-13-8-9-14-15(11-13)19(16(20)18-14)10-4-7-12-5-2-1-3-6-12/h1-3,5-6,8-9,11H,4,7,10H2,(H,18,20). The van der Waals surface area contributed by atoms with E-state index < -0.39 is 0 Å². The summed E-state index contributed by atoms with van der Waals surface area (Å²) < 4.78 is 2.88. The third kappa shape index (κ3) is 2.79. The Labute approximate surface area is 128 Å². The number of benzene rings is 2. The molecule has 0 fully saturated rings. The fraction of sp³-hybridized carbons (Fsp3) is 0.188. The van der Waals surface area contributed by atoms with Gasteiger partial charge in [0.05, 0.1) is 11.0 Å². The van der Waals surface area contributed by atoms with E-state index in [4.69, 9.17) is 23.8 Å². The lowest BCUT2D eigenvalue weighted by Crippen LogP contribution is -1.99. The topological polar surface area (TPSA) is 20.7 Å². The second-order valence-corrected chi connectivity index (χ2v) is 5.66. The smallest absolute Gasteiger partial charge is 0.178 e. The highest BCUT2D eigenvalue weighted by Gasteiger charge is 2.04. The van der Waals surface area contributed by atoms with Gasteiger partial charge in [0, 0.05) is 11.6 Å². The summed E-state index contributed by atoms with van der Waals surface area (Å²) >= 11 is 11.5. The van der Waals surface area contributed by atoms with E-state index in [1.165, 1.54) is 5.56 Å². The van der Waals surface area contributed by atoms with Crippen LogP contribution in [-0.4, -0.2) is 9.55 Å². The first kappa shape index (κ1) is 13.4. The van der Waals surface area contributed by atoms with Gasteiger partial charge in [0.1, 0.15) is 0 Å². The molecular formula is C16H15ClN2S. The summed E-state index contributed by atoms with van der Waals surface area (Å²) in [5.74, 6) is 0. The van der Waals surface area contributed by atoms with E-state index in [0.29, 0.717) is 0 Å². The van der Waals surface area contributed by atoms with Crippen molar-refractivity contribution < 1.29 is 0 Å². The summed E-state index contributed by atoms with van der Waals surface area (Å²) in [6, 6.07) is 16.3. The molecule has 1 aromatic heterocycles. The minimum atomic E-state index is 0.739. The maximum atomic E-state index is 6.07. The van der Waals surface area contributed by atoms with Crippen LogP contribution in [0.4, 0.5) is 0 Å². The molecule has 3 aromatic rings. The molecule has 0 aliphatic rings. The first-order chi connectivity index (χ1) is 9.74. The molecule has 3 rings (SSSR count). The van der Waals surface area contributed by atoms with Crippen LogP contribution >= 0.6 is 23.8 Å². The molecule has 0 aliphatic heterocycles. The third-order valence-electron chi connectivity index (χ3n) is 3.43. The maximum Gasteiger partial charge on any atom is 0.178 e. The molecule has 0 bridgehead atoms. The normalized spacial score (nSPS) is 11.1. The highest BCUT2D eigenvalue weighted by atomic mass is 35.5. The molecule has 0 saturated carbocycles. The van der Waals surface area contributed by atoms with Crippen LogP contribution in [0.1, 0.15) is 12.0 Å². The van der Waals surface area contributed by atoms with Crippen LogP contribution in [0.25, 0.3) is 11.0 Å². The fourth-order valence-electron chi connectivity index (χ4n) is 2.43. The second kappa shape index (κ2) is 5.81. The number of hydrogen-bond acceptors (Lipinski definition) is 1. The van der Waals surface area contributed by atoms with Gasteiger partial charge in [-0.2, -0.15) is 0 Å². The van der Waals surface area contributed by atoms with Gasteiger partial charge >= 0.3 is 0 Å². The van der Waals surface area contributed by atoms with Crippen molar-refractivity contribution in [2.75, 3.05) is 0 Å². The van der Waals surface area contributed by atoms with Crippen molar-refractivity contribution in [3.63, 3.8) is 0 Å². The number of aromatic nitrogens is 2. The van der Waals surface area contributed by atoms with Crippen LogP contribution in [-0.2, 0) is 13.0 Å². The van der Waals surface area contributed by atoms with E-state index in [1.54, 1.807) is 0 Å². The Hall–Kier alpha value is -1.58. The first-order valence-corrected chi connectivity index (χ1v) is 7.45. The van der Waals surface area contributed by atoms with Crippen LogP contribution in [0.3, 0.4) is 0 Å². The molecule has 0 spiro atoms. The molecule has 1 heterocycles. The molecule has 0 atom stereocenters. The summed E-state index contributed by atoms with van der Waals surface area (Å²) in [5.41, 5.74) is 3.48. The Bertz CT molecular complexity index is 774. The average molecular weight is 303 g/mol. The van der Waals surface area contributed by atoms with Gasteiger partial charge in [-0.25, -0.2) is 0 Å². The van der Waals surface area contributed by atoms with Crippen molar-refractivity contribution in [3.8, 4) is 0 Å². The summed E-state index contributed by atoms with van der Waals surface area (Å²) in [7, 11) is 0. The number of rotatable bonds is 4. The molecule has 2 aromatic carbocycles. The fourth-order valence-corrected chi connectivity index (χ4v) is 2.90. The molecule has 2 nitrogen and oxygen atoms in total. The molecule has 0 amide bonds. The Morgan fingerprint density at radius 3 is 2.70 bits per heavy atom. The molecule has 0 aliphatic carbocycles. The Kier molecular flexibility index (Phi) is 3.90. The number of aromatic amines is 1. The van der Waals surface area contributed by atoms with Crippen molar-refractivity contribution in [1.82, 2.24) is 9.55 Å². The summed E-state index contributed by atoms with van der Waals surface area (Å²) in [4.78, 5) is 3.22. The molecule has 1 N–H and O–H groups in total. The number of nitrogens with one attached hydrogen (secondary N) is 1. The monoisotopic (exact) mass is 302 g/mol. The zero-order valence-corrected chi connectivity index (χ0v) is 12.5. The number of aryl methyl sites for hydroxylation is 2. The van der Waals surface area contributed by atoms with E-state index >= 15 is 0 Å². The van der Waals surface area contributed by atoms with Crippen LogP contribution in [0.15, 0.2) is 48.5 Å². The van der Waals surface area contributed by atoms with Gasteiger partial charge < -0.3 is 9.55 Å². The minimum absolute atomic E-state index is 0.739. The van der Waals surface area contributed by atoms with E-state index in [1.807, 2.05) is 24.3 Å². The van der Waals surface area contributed by atoms with Gasteiger partial charge in [0.15, 0.2) is 4.77 Å². The van der Waals surface area contributed by atoms with Crippen LogP contribution in [0, 0.1) is 4.77 Å². The highest BCUT2D eigenvalue weighted by Crippen LogP contribution is 2.20. The highest BCUT2D eigenvalue weighted by molar-refractivity contribution is 7.71.